The summed E-state index contributed by atoms with van der Waals surface area (Å²) in [6, 6.07) is 19.9. The highest BCUT2D eigenvalue weighted by Crippen LogP contribution is 2.45. The number of para-hydroxylation sites is 1. The Morgan fingerprint density at radius 2 is 1.74 bits per heavy atom. The van der Waals surface area contributed by atoms with E-state index in [0.29, 0.717) is 28.3 Å². The zero-order valence-corrected chi connectivity index (χ0v) is 19.2. The molecule has 0 aliphatic carbocycles. The molecule has 0 saturated carbocycles. The van der Waals surface area contributed by atoms with Crippen molar-refractivity contribution in [3.63, 3.8) is 0 Å². The molecule has 0 bridgehead atoms. The lowest BCUT2D eigenvalue weighted by Crippen LogP contribution is -2.44. The van der Waals surface area contributed by atoms with Gasteiger partial charge in [0.1, 0.15) is 11.5 Å². The summed E-state index contributed by atoms with van der Waals surface area (Å²) in [6.45, 7) is 0. The Morgan fingerprint density at radius 1 is 0.971 bits per heavy atom. The Kier molecular flexibility index (Phi) is 5.45. The highest BCUT2D eigenvalue weighted by Gasteiger charge is 2.43. The van der Waals surface area contributed by atoms with Gasteiger partial charge in [0.2, 0.25) is 5.91 Å². The fourth-order valence-electron chi connectivity index (χ4n) is 4.80. The molecule has 1 aliphatic heterocycles. The van der Waals surface area contributed by atoms with Crippen molar-refractivity contribution < 1.29 is 19.1 Å². The molecule has 5 rings (SSSR count). The number of nitrogens with one attached hydrogen (secondary N) is 2. The second-order valence-electron chi connectivity index (χ2n) is 8.27. The minimum atomic E-state index is -0.634. The number of fused-ring (bicyclic) bond motifs is 2. The molecule has 2 N–H and O–H groups in total. The Morgan fingerprint density at radius 3 is 2.53 bits per heavy atom. The van der Waals surface area contributed by atoms with Gasteiger partial charge in [0.05, 0.1) is 31.9 Å². The van der Waals surface area contributed by atoms with Crippen molar-refractivity contribution in [2.75, 3.05) is 26.6 Å². The average molecular weight is 456 g/mol. The van der Waals surface area contributed by atoms with E-state index in [0.717, 1.165) is 16.5 Å². The third kappa shape index (κ3) is 3.46. The van der Waals surface area contributed by atoms with Crippen LogP contribution in [-0.4, -0.2) is 43.0 Å². The maximum absolute atomic E-state index is 13.9. The Labute approximate surface area is 197 Å². The number of aromatic nitrogens is 1. The SMILES string of the molecule is COc1ccc(NC(=O)[C@H]2c3ccccc3C(=O)N(C)[C@H]2c2c[nH]c3ccccc23)c(OC)c1. The highest BCUT2D eigenvalue weighted by atomic mass is 16.5. The number of rotatable bonds is 5. The van der Waals surface area contributed by atoms with Crippen molar-refractivity contribution in [3.05, 3.63) is 89.6 Å². The molecule has 2 amide bonds. The van der Waals surface area contributed by atoms with E-state index >= 15 is 0 Å². The second kappa shape index (κ2) is 8.59. The first-order valence-corrected chi connectivity index (χ1v) is 11.0. The Bertz CT molecular complexity index is 1390. The van der Waals surface area contributed by atoms with E-state index < -0.39 is 12.0 Å². The number of nitrogens with zero attached hydrogens (tertiary/aromatic N) is 1. The van der Waals surface area contributed by atoms with Crippen molar-refractivity contribution >= 4 is 28.4 Å². The first kappa shape index (κ1) is 21.6. The van der Waals surface area contributed by atoms with E-state index in [1.165, 1.54) is 0 Å². The number of carbonyl (C=O) groups is 2. The van der Waals surface area contributed by atoms with E-state index in [-0.39, 0.29) is 11.8 Å². The van der Waals surface area contributed by atoms with Gasteiger partial charge in [-0.15, -0.1) is 0 Å². The molecule has 0 spiro atoms. The zero-order chi connectivity index (χ0) is 23.8. The third-order valence-corrected chi connectivity index (χ3v) is 6.47. The minimum absolute atomic E-state index is 0.114. The number of aromatic amines is 1. The maximum atomic E-state index is 13.9. The monoisotopic (exact) mass is 455 g/mol. The lowest BCUT2D eigenvalue weighted by Gasteiger charge is -2.39. The van der Waals surface area contributed by atoms with Crippen LogP contribution < -0.4 is 14.8 Å². The topological polar surface area (TPSA) is 83.7 Å². The summed E-state index contributed by atoms with van der Waals surface area (Å²) in [5.74, 6) is 0.136. The summed E-state index contributed by atoms with van der Waals surface area (Å²) in [5, 5.41) is 4.01. The van der Waals surface area contributed by atoms with Gasteiger partial charge in [0, 0.05) is 41.3 Å². The predicted molar refractivity (Wildman–Crippen MR) is 130 cm³/mol. The molecule has 7 nitrogen and oxygen atoms in total. The van der Waals surface area contributed by atoms with Gasteiger partial charge >= 0.3 is 0 Å². The van der Waals surface area contributed by atoms with Crippen LogP contribution in [0.15, 0.2) is 72.9 Å². The molecule has 2 atom stereocenters. The molecule has 0 radical (unpaired) electrons. The summed E-state index contributed by atoms with van der Waals surface area (Å²) in [7, 11) is 4.87. The molecule has 0 fully saturated rings. The number of methoxy groups -OCH3 is 2. The van der Waals surface area contributed by atoms with Gasteiger partial charge in [-0.3, -0.25) is 9.59 Å². The quantitative estimate of drug-likeness (QED) is 0.456. The molecular formula is C27H25N3O4. The average Bonchev–Trinajstić information content (AvgIpc) is 3.30. The van der Waals surface area contributed by atoms with Gasteiger partial charge in [-0.05, 0) is 29.8 Å². The van der Waals surface area contributed by atoms with Crippen LogP contribution in [-0.2, 0) is 4.79 Å². The summed E-state index contributed by atoms with van der Waals surface area (Å²) < 4.78 is 10.7. The van der Waals surface area contributed by atoms with Crippen LogP contribution in [0.2, 0.25) is 0 Å². The normalized spacial score (nSPS) is 17.4. The standard InChI is InChI=1S/C27H25N3O4/c1-30-25(20-15-28-21-11-7-6-8-17(20)21)24(18-9-4-5-10-19(18)27(30)32)26(31)29-22-13-12-16(33-2)14-23(22)34-3/h4-15,24-25,28H,1-3H3,(H,29,31)/t24-,25-/m0/s1. The largest absolute Gasteiger partial charge is 0.497 e. The third-order valence-electron chi connectivity index (χ3n) is 6.47. The first-order valence-electron chi connectivity index (χ1n) is 11.0. The number of benzene rings is 3. The second-order valence-corrected chi connectivity index (χ2v) is 8.27. The summed E-state index contributed by atoms with van der Waals surface area (Å²) in [5.41, 5.74) is 3.60. The number of amides is 2. The van der Waals surface area contributed by atoms with Gasteiger partial charge < -0.3 is 24.7 Å². The summed E-state index contributed by atoms with van der Waals surface area (Å²) >= 11 is 0. The first-order chi connectivity index (χ1) is 16.5. The Balaban J connectivity index is 1.63. The van der Waals surface area contributed by atoms with Crippen molar-refractivity contribution in [2.45, 2.75) is 12.0 Å². The molecule has 1 aromatic heterocycles. The van der Waals surface area contributed by atoms with Crippen LogP contribution in [0, 0.1) is 0 Å². The van der Waals surface area contributed by atoms with Crippen LogP contribution in [0.25, 0.3) is 10.9 Å². The Hall–Kier alpha value is -4.26. The van der Waals surface area contributed by atoms with E-state index in [1.54, 1.807) is 50.4 Å². The van der Waals surface area contributed by atoms with Crippen LogP contribution >= 0.6 is 0 Å². The number of anilines is 1. The number of hydrogen-bond donors (Lipinski definition) is 2. The van der Waals surface area contributed by atoms with Crippen LogP contribution in [0.3, 0.4) is 0 Å². The molecule has 0 saturated heterocycles. The molecule has 1 aliphatic rings. The lowest BCUT2D eigenvalue weighted by molar-refractivity contribution is -0.119. The van der Waals surface area contributed by atoms with E-state index in [1.807, 2.05) is 48.7 Å². The highest BCUT2D eigenvalue weighted by molar-refractivity contribution is 6.05. The fraction of sp³-hybridized carbons (Fsp3) is 0.185. The van der Waals surface area contributed by atoms with Crippen molar-refractivity contribution in [3.8, 4) is 11.5 Å². The zero-order valence-electron chi connectivity index (χ0n) is 19.2. The summed E-state index contributed by atoms with van der Waals surface area (Å²) in [4.78, 5) is 32.1. The number of H-pyrrole nitrogens is 1. The van der Waals surface area contributed by atoms with E-state index in [9.17, 15) is 9.59 Å². The molecule has 0 unspecified atom stereocenters. The number of ether oxygens (including phenoxy) is 2. The van der Waals surface area contributed by atoms with Crippen molar-refractivity contribution in [1.29, 1.82) is 0 Å². The molecule has 172 valence electrons. The number of hydrogen-bond acceptors (Lipinski definition) is 4. The van der Waals surface area contributed by atoms with Crippen LogP contribution in [0.4, 0.5) is 5.69 Å². The molecular weight excluding hydrogens is 430 g/mol. The van der Waals surface area contributed by atoms with Crippen molar-refractivity contribution in [1.82, 2.24) is 9.88 Å². The fourth-order valence-corrected chi connectivity index (χ4v) is 4.80. The maximum Gasteiger partial charge on any atom is 0.254 e. The van der Waals surface area contributed by atoms with E-state index in [4.69, 9.17) is 9.47 Å². The summed E-state index contributed by atoms with van der Waals surface area (Å²) in [6.07, 6.45) is 1.89. The predicted octanol–water partition coefficient (Wildman–Crippen LogP) is 4.73. The van der Waals surface area contributed by atoms with Gasteiger partial charge in [0.25, 0.3) is 5.91 Å². The van der Waals surface area contributed by atoms with Crippen LogP contribution in [0.5, 0.6) is 11.5 Å². The van der Waals surface area contributed by atoms with Gasteiger partial charge in [0.15, 0.2) is 0 Å². The molecule has 34 heavy (non-hydrogen) atoms. The van der Waals surface area contributed by atoms with Gasteiger partial charge in [-0.25, -0.2) is 0 Å². The smallest absolute Gasteiger partial charge is 0.254 e. The lowest BCUT2D eigenvalue weighted by atomic mass is 9.79. The number of carbonyl (C=O) groups excluding carboxylic acids is 2. The molecule has 2 heterocycles. The van der Waals surface area contributed by atoms with Crippen molar-refractivity contribution in [2.24, 2.45) is 0 Å². The van der Waals surface area contributed by atoms with E-state index in [2.05, 4.69) is 10.3 Å². The minimum Gasteiger partial charge on any atom is -0.497 e. The van der Waals surface area contributed by atoms with Gasteiger partial charge in [-0.1, -0.05) is 36.4 Å². The number of likely N-dealkylation sites (N-methyl/N-ethyl adjacent to an activating group) is 1. The van der Waals surface area contributed by atoms with Crippen LogP contribution in [0.1, 0.15) is 33.4 Å². The molecule has 3 aromatic carbocycles. The van der Waals surface area contributed by atoms with Gasteiger partial charge in [-0.2, -0.15) is 0 Å². The molecule has 7 heteroatoms. The molecule has 4 aromatic rings.